The number of carbonyl (C=O) groups excluding carboxylic acids is 4. The van der Waals surface area contributed by atoms with Crippen molar-refractivity contribution in [1.82, 2.24) is 0 Å². The summed E-state index contributed by atoms with van der Waals surface area (Å²) in [6.45, 7) is 0. The molecule has 0 unspecified atom stereocenters. The highest BCUT2D eigenvalue weighted by molar-refractivity contribution is 6.50. The van der Waals surface area contributed by atoms with E-state index in [1.54, 1.807) is 36.4 Å². The monoisotopic (exact) mass is 738 g/mol. The summed E-state index contributed by atoms with van der Waals surface area (Å²) in [6, 6.07) is 32.3. The number of ether oxygens (including phenoxy) is 2. The molecule has 0 amide bonds. The van der Waals surface area contributed by atoms with Gasteiger partial charge >= 0.3 is 12.4 Å². The molecular weight excluding hydrogens is 714 g/mol. The number of Topliss-reactive ketones (excluding diaryl/α,β-unsaturated/α-hetero) is 4. The Labute approximate surface area is 303 Å². The Hall–Kier alpha value is -6.82. The van der Waals surface area contributed by atoms with Gasteiger partial charge in [0.1, 0.15) is 23.0 Å². The molecule has 0 aliphatic heterocycles. The molecule has 0 saturated heterocycles. The van der Waals surface area contributed by atoms with Crippen LogP contribution < -0.4 is 9.47 Å². The van der Waals surface area contributed by atoms with E-state index in [-0.39, 0.29) is 34.1 Å². The zero-order valence-corrected chi connectivity index (χ0v) is 27.6. The maximum atomic E-state index is 14.0. The van der Waals surface area contributed by atoms with Crippen LogP contribution in [0, 0.1) is 0 Å². The maximum absolute atomic E-state index is 14.0. The van der Waals surface area contributed by atoms with Crippen LogP contribution in [0.2, 0.25) is 0 Å². The molecule has 0 bridgehead atoms. The fourth-order valence-corrected chi connectivity index (χ4v) is 5.43. The van der Waals surface area contributed by atoms with Crippen molar-refractivity contribution in [2.45, 2.75) is 12.4 Å². The van der Waals surface area contributed by atoms with Gasteiger partial charge in [0.05, 0.1) is 11.1 Å². The van der Waals surface area contributed by atoms with E-state index >= 15 is 0 Å². The lowest BCUT2D eigenvalue weighted by atomic mass is 9.97. The molecular formula is C42H24F6O6. The average Bonchev–Trinajstić information content (AvgIpc) is 3.17. The quantitative estimate of drug-likeness (QED) is 0.0747. The molecule has 0 saturated carbocycles. The van der Waals surface area contributed by atoms with Crippen LogP contribution in [-0.4, -0.2) is 23.1 Å². The minimum atomic E-state index is -4.97. The molecule has 6 rings (SSSR count). The van der Waals surface area contributed by atoms with E-state index in [1.807, 2.05) is 0 Å². The second kappa shape index (κ2) is 15.0. The summed E-state index contributed by atoms with van der Waals surface area (Å²) in [5.41, 5.74) is -3.07. The normalized spacial score (nSPS) is 11.4. The van der Waals surface area contributed by atoms with Gasteiger partial charge in [0.2, 0.25) is 23.1 Å². The van der Waals surface area contributed by atoms with Gasteiger partial charge in [-0.15, -0.1) is 0 Å². The SMILES string of the molecule is O=C(C(=O)c1ccc(Oc2ccc(-c3ccc(Oc4ccc(C(=O)C(=O)c5ccccc5)c(C(F)(F)F)c4)cc3)cc2)cc1C(F)(F)F)c1ccccc1. The minimum Gasteiger partial charge on any atom is -0.457 e. The second-order valence-corrected chi connectivity index (χ2v) is 11.7. The zero-order valence-electron chi connectivity index (χ0n) is 27.6. The third-order valence-corrected chi connectivity index (χ3v) is 8.08. The summed E-state index contributed by atoms with van der Waals surface area (Å²) in [4.78, 5) is 50.6. The van der Waals surface area contributed by atoms with Gasteiger partial charge in [0, 0.05) is 22.3 Å². The van der Waals surface area contributed by atoms with E-state index < -0.39 is 57.7 Å². The number of benzene rings is 6. The highest BCUT2D eigenvalue weighted by Gasteiger charge is 2.38. The van der Waals surface area contributed by atoms with Crippen LogP contribution >= 0.6 is 0 Å². The Morgan fingerprint density at radius 2 is 0.685 bits per heavy atom. The standard InChI is InChI=1S/C42H24F6O6/c43-41(44,45)35-23-31(19-21-33(35)39(51)37(49)27-7-3-1-4-8-27)53-29-15-11-25(12-16-29)26-13-17-30(18-14-26)54-32-20-22-34(36(24-32)42(46,47)48)40(52)38(50)28-9-5-2-6-10-28/h1-24H. The lowest BCUT2D eigenvalue weighted by molar-refractivity contribution is -0.138. The number of rotatable bonds is 11. The van der Waals surface area contributed by atoms with Crippen LogP contribution in [0.5, 0.6) is 23.0 Å². The molecule has 0 radical (unpaired) electrons. The predicted molar refractivity (Wildman–Crippen MR) is 185 cm³/mol. The molecule has 0 heterocycles. The third-order valence-electron chi connectivity index (χ3n) is 8.08. The van der Waals surface area contributed by atoms with Gasteiger partial charge in [0.25, 0.3) is 0 Å². The minimum absolute atomic E-state index is 0.0452. The van der Waals surface area contributed by atoms with Crippen LogP contribution in [-0.2, 0) is 12.4 Å². The van der Waals surface area contributed by atoms with Gasteiger partial charge in [-0.2, -0.15) is 26.3 Å². The van der Waals surface area contributed by atoms with Gasteiger partial charge in [0.15, 0.2) is 0 Å². The number of carbonyl (C=O) groups is 4. The Balaban J connectivity index is 1.15. The number of hydrogen-bond acceptors (Lipinski definition) is 6. The first kappa shape index (κ1) is 37.0. The number of alkyl halides is 6. The van der Waals surface area contributed by atoms with Gasteiger partial charge < -0.3 is 9.47 Å². The highest BCUT2D eigenvalue weighted by atomic mass is 19.4. The Bertz CT molecular complexity index is 2180. The molecule has 0 N–H and O–H groups in total. The third kappa shape index (κ3) is 8.28. The van der Waals surface area contributed by atoms with E-state index in [4.69, 9.17) is 9.47 Å². The zero-order chi connectivity index (χ0) is 38.6. The summed E-state index contributed by atoms with van der Waals surface area (Å²) in [5, 5.41) is 0. The van der Waals surface area contributed by atoms with Gasteiger partial charge in [-0.1, -0.05) is 84.9 Å². The van der Waals surface area contributed by atoms with Crippen LogP contribution in [0.25, 0.3) is 11.1 Å². The van der Waals surface area contributed by atoms with Crippen molar-refractivity contribution in [2.24, 2.45) is 0 Å². The summed E-state index contributed by atoms with van der Waals surface area (Å²) >= 11 is 0. The Kier molecular flexibility index (Phi) is 10.3. The maximum Gasteiger partial charge on any atom is 0.417 e. The Morgan fingerprint density at radius 3 is 1.00 bits per heavy atom. The molecule has 6 nitrogen and oxygen atoms in total. The molecule has 6 aromatic carbocycles. The van der Waals surface area contributed by atoms with Crippen molar-refractivity contribution in [3.63, 3.8) is 0 Å². The van der Waals surface area contributed by atoms with E-state index in [0.29, 0.717) is 23.3 Å². The molecule has 6 aromatic rings. The first-order valence-electron chi connectivity index (χ1n) is 16.0. The van der Waals surface area contributed by atoms with Crippen LogP contribution in [0.15, 0.2) is 146 Å². The van der Waals surface area contributed by atoms with E-state index in [2.05, 4.69) is 0 Å². The highest BCUT2D eigenvalue weighted by Crippen LogP contribution is 2.38. The average molecular weight is 739 g/mol. The fraction of sp³-hybridized carbons (Fsp3) is 0.0476. The van der Waals surface area contributed by atoms with Gasteiger partial charge in [-0.3, -0.25) is 19.2 Å². The van der Waals surface area contributed by atoms with Gasteiger partial charge in [-0.25, -0.2) is 0 Å². The largest absolute Gasteiger partial charge is 0.457 e. The van der Waals surface area contributed by atoms with Crippen molar-refractivity contribution in [1.29, 1.82) is 0 Å². The molecule has 12 heteroatoms. The lowest BCUT2D eigenvalue weighted by Gasteiger charge is -2.15. The molecule has 0 aliphatic carbocycles. The Morgan fingerprint density at radius 1 is 0.370 bits per heavy atom. The molecule has 0 spiro atoms. The first-order chi connectivity index (χ1) is 25.7. The van der Waals surface area contributed by atoms with Crippen molar-refractivity contribution < 1.29 is 55.0 Å². The molecule has 0 fully saturated rings. The van der Waals surface area contributed by atoms with Gasteiger partial charge in [-0.05, 0) is 71.8 Å². The smallest absolute Gasteiger partial charge is 0.417 e. The van der Waals surface area contributed by atoms with Crippen molar-refractivity contribution >= 4 is 23.1 Å². The lowest BCUT2D eigenvalue weighted by Crippen LogP contribution is -2.20. The van der Waals surface area contributed by atoms with E-state index in [0.717, 1.165) is 24.3 Å². The van der Waals surface area contributed by atoms with Crippen LogP contribution in [0.3, 0.4) is 0 Å². The molecule has 54 heavy (non-hydrogen) atoms. The van der Waals surface area contributed by atoms with Crippen molar-refractivity contribution in [3.05, 3.63) is 179 Å². The molecule has 0 atom stereocenters. The summed E-state index contributed by atoms with van der Waals surface area (Å²) in [5.74, 6) is -4.91. The molecule has 270 valence electrons. The summed E-state index contributed by atoms with van der Waals surface area (Å²) in [6.07, 6.45) is -9.93. The second-order valence-electron chi connectivity index (χ2n) is 11.7. The number of halogens is 6. The van der Waals surface area contributed by atoms with Crippen molar-refractivity contribution in [2.75, 3.05) is 0 Å². The molecule has 0 aliphatic rings. The summed E-state index contributed by atoms with van der Waals surface area (Å²) < 4.78 is 95.1. The van der Waals surface area contributed by atoms with Crippen molar-refractivity contribution in [3.8, 4) is 34.1 Å². The van der Waals surface area contributed by atoms with E-state index in [9.17, 15) is 45.5 Å². The van der Waals surface area contributed by atoms with Crippen LogP contribution in [0.1, 0.15) is 52.6 Å². The van der Waals surface area contributed by atoms with E-state index in [1.165, 1.54) is 72.8 Å². The topological polar surface area (TPSA) is 86.7 Å². The first-order valence-corrected chi connectivity index (χ1v) is 16.0. The fourth-order valence-electron chi connectivity index (χ4n) is 5.43. The molecule has 0 aromatic heterocycles. The number of hydrogen-bond donors (Lipinski definition) is 0. The summed E-state index contributed by atoms with van der Waals surface area (Å²) in [7, 11) is 0. The number of ketones is 4. The predicted octanol–water partition coefficient (Wildman–Crippen LogP) is 11.1. The van der Waals surface area contributed by atoms with Crippen LogP contribution in [0.4, 0.5) is 26.3 Å².